The number of carbonyl (C=O) groups is 1. The van der Waals surface area contributed by atoms with Gasteiger partial charge in [0.05, 0.1) is 12.7 Å². The summed E-state index contributed by atoms with van der Waals surface area (Å²) in [6.07, 6.45) is 8.09. The average molecular weight is 281 g/mol. The highest BCUT2D eigenvalue weighted by atomic mass is 35.5. The molecule has 0 unspecified atom stereocenters. The topological polar surface area (TPSA) is 26.3 Å². The maximum Gasteiger partial charge on any atom is 0.169 e. The van der Waals surface area contributed by atoms with Gasteiger partial charge in [-0.25, -0.2) is 0 Å². The van der Waals surface area contributed by atoms with Gasteiger partial charge < -0.3 is 4.74 Å². The van der Waals surface area contributed by atoms with E-state index >= 15 is 0 Å². The van der Waals surface area contributed by atoms with Gasteiger partial charge in [0.15, 0.2) is 5.78 Å². The molecule has 0 bridgehead atoms. The normalized spacial score (nSPS) is 17.6. The number of ketones is 1. The van der Waals surface area contributed by atoms with Crippen LogP contribution in [0.4, 0.5) is 0 Å². The minimum absolute atomic E-state index is 0.132. The van der Waals surface area contributed by atoms with Gasteiger partial charge in [-0.2, -0.15) is 0 Å². The van der Waals surface area contributed by atoms with Crippen LogP contribution in [-0.4, -0.2) is 12.9 Å². The fraction of sp³-hybridized carbons (Fsp3) is 0.562. The SMILES string of the molecule is COc1ccc(Cl)cc1C(=O)C1CCCCCCC1. The van der Waals surface area contributed by atoms with Gasteiger partial charge in [-0.1, -0.05) is 43.7 Å². The number of Topliss-reactive ketones (excluding diaryl/α,β-unsaturated/α-hetero) is 1. The zero-order valence-electron chi connectivity index (χ0n) is 11.5. The third-order valence-corrected chi connectivity index (χ3v) is 4.14. The Bertz CT molecular complexity index is 434. The van der Waals surface area contributed by atoms with Crippen LogP contribution < -0.4 is 4.74 Å². The molecule has 2 rings (SSSR count). The van der Waals surface area contributed by atoms with Crippen LogP contribution in [0.25, 0.3) is 0 Å². The van der Waals surface area contributed by atoms with Gasteiger partial charge in [-0.3, -0.25) is 4.79 Å². The Morgan fingerprint density at radius 3 is 2.42 bits per heavy atom. The summed E-state index contributed by atoms with van der Waals surface area (Å²) in [6, 6.07) is 5.27. The second kappa shape index (κ2) is 6.95. The molecule has 0 saturated heterocycles. The van der Waals surface area contributed by atoms with Crippen LogP contribution in [0, 0.1) is 5.92 Å². The lowest BCUT2D eigenvalue weighted by atomic mass is 9.85. The standard InChI is InChI=1S/C16H21ClO2/c1-19-15-10-9-13(17)11-14(15)16(18)12-7-5-3-2-4-6-8-12/h9-12H,2-8H2,1H3. The molecule has 1 fully saturated rings. The second-order valence-electron chi connectivity index (χ2n) is 5.25. The smallest absolute Gasteiger partial charge is 0.169 e. The Labute approximate surface area is 120 Å². The van der Waals surface area contributed by atoms with E-state index in [1.54, 1.807) is 25.3 Å². The molecule has 1 aromatic carbocycles. The predicted molar refractivity (Wildman–Crippen MR) is 78.1 cm³/mol. The first kappa shape index (κ1) is 14.4. The molecule has 0 spiro atoms. The van der Waals surface area contributed by atoms with Crippen molar-refractivity contribution >= 4 is 17.4 Å². The molecule has 0 radical (unpaired) electrons. The van der Waals surface area contributed by atoms with Gasteiger partial charge in [0.2, 0.25) is 0 Å². The van der Waals surface area contributed by atoms with E-state index < -0.39 is 0 Å². The lowest BCUT2D eigenvalue weighted by molar-refractivity contribution is 0.0895. The molecule has 1 aromatic rings. The van der Waals surface area contributed by atoms with Gasteiger partial charge in [-0.15, -0.1) is 0 Å². The molecule has 19 heavy (non-hydrogen) atoms. The molecule has 0 atom stereocenters. The van der Waals surface area contributed by atoms with Gasteiger partial charge in [0.1, 0.15) is 5.75 Å². The summed E-state index contributed by atoms with van der Waals surface area (Å²) < 4.78 is 5.29. The molecule has 0 aliphatic heterocycles. The molecule has 0 aromatic heterocycles. The second-order valence-corrected chi connectivity index (χ2v) is 5.69. The Hall–Kier alpha value is -1.02. The third-order valence-electron chi connectivity index (χ3n) is 3.90. The van der Waals surface area contributed by atoms with E-state index in [1.165, 1.54) is 19.3 Å². The average Bonchev–Trinajstić information content (AvgIpc) is 2.37. The summed E-state index contributed by atoms with van der Waals surface area (Å²) in [7, 11) is 1.60. The van der Waals surface area contributed by atoms with Crippen LogP contribution in [0.2, 0.25) is 5.02 Å². The monoisotopic (exact) mass is 280 g/mol. The van der Waals surface area contributed by atoms with E-state index in [9.17, 15) is 4.79 Å². The maximum atomic E-state index is 12.7. The van der Waals surface area contributed by atoms with Crippen molar-refractivity contribution in [3.8, 4) is 5.75 Å². The first-order valence-electron chi connectivity index (χ1n) is 7.10. The summed E-state index contributed by atoms with van der Waals surface area (Å²) in [5.41, 5.74) is 0.639. The molecule has 1 aliphatic rings. The molecular formula is C16H21ClO2. The zero-order valence-corrected chi connectivity index (χ0v) is 12.2. The molecule has 1 aliphatic carbocycles. The highest BCUT2D eigenvalue weighted by Crippen LogP contribution is 2.30. The van der Waals surface area contributed by atoms with Crippen molar-refractivity contribution < 1.29 is 9.53 Å². The van der Waals surface area contributed by atoms with Gasteiger partial charge >= 0.3 is 0 Å². The number of hydrogen-bond acceptors (Lipinski definition) is 2. The number of carbonyl (C=O) groups excluding carboxylic acids is 1. The summed E-state index contributed by atoms with van der Waals surface area (Å²) in [5.74, 6) is 0.963. The van der Waals surface area contributed by atoms with Crippen molar-refractivity contribution in [2.45, 2.75) is 44.9 Å². The Morgan fingerprint density at radius 1 is 1.16 bits per heavy atom. The van der Waals surface area contributed by atoms with Gasteiger partial charge in [0, 0.05) is 10.9 Å². The predicted octanol–water partition coefficient (Wildman–Crippen LogP) is 4.89. The first-order valence-corrected chi connectivity index (χ1v) is 7.48. The minimum Gasteiger partial charge on any atom is -0.496 e. The lowest BCUT2D eigenvalue weighted by Crippen LogP contribution is -2.17. The van der Waals surface area contributed by atoms with Crippen LogP contribution >= 0.6 is 11.6 Å². The van der Waals surface area contributed by atoms with Crippen LogP contribution in [-0.2, 0) is 0 Å². The number of hydrogen-bond donors (Lipinski definition) is 0. The molecule has 0 heterocycles. The third kappa shape index (κ3) is 3.73. The molecular weight excluding hydrogens is 260 g/mol. The van der Waals surface area contributed by atoms with E-state index in [0.29, 0.717) is 16.3 Å². The fourth-order valence-corrected chi connectivity index (χ4v) is 2.98. The van der Waals surface area contributed by atoms with Crippen molar-refractivity contribution in [1.29, 1.82) is 0 Å². The van der Waals surface area contributed by atoms with Gasteiger partial charge in [-0.05, 0) is 31.0 Å². The summed E-state index contributed by atoms with van der Waals surface area (Å²) in [5, 5.41) is 0.593. The fourth-order valence-electron chi connectivity index (χ4n) is 2.81. The van der Waals surface area contributed by atoms with Crippen molar-refractivity contribution in [2.75, 3.05) is 7.11 Å². The zero-order chi connectivity index (χ0) is 13.7. The number of benzene rings is 1. The lowest BCUT2D eigenvalue weighted by Gasteiger charge is -2.19. The Morgan fingerprint density at radius 2 is 1.79 bits per heavy atom. The summed E-state index contributed by atoms with van der Waals surface area (Å²) in [6.45, 7) is 0. The summed E-state index contributed by atoms with van der Waals surface area (Å²) >= 11 is 6.01. The maximum absolute atomic E-state index is 12.7. The minimum atomic E-state index is 0.132. The molecule has 1 saturated carbocycles. The van der Waals surface area contributed by atoms with E-state index in [2.05, 4.69) is 0 Å². The van der Waals surface area contributed by atoms with Crippen LogP contribution in [0.15, 0.2) is 18.2 Å². The highest BCUT2D eigenvalue weighted by molar-refractivity contribution is 6.31. The Balaban J connectivity index is 2.19. The van der Waals surface area contributed by atoms with Gasteiger partial charge in [0.25, 0.3) is 0 Å². The molecule has 0 N–H and O–H groups in total. The first-order chi connectivity index (χ1) is 9.22. The van der Waals surface area contributed by atoms with E-state index in [-0.39, 0.29) is 11.7 Å². The van der Waals surface area contributed by atoms with Crippen LogP contribution in [0.5, 0.6) is 5.75 Å². The van der Waals surface area contributed by atoms with E-state index in [4.69, 9.17) is 16.3 Å². The number of halogens is 1. The molecule has 0 amide bonds. The van der Waals surface area contributed by atoms with Crippen molar-refractivity contribution in [1.82, 2.24) is 0 Å². The summed E-state index contributed by atoms with van der Waals surface area (Å²) in [4.78, 5) is 12.7. The molecule has 3 heteroatoms. The van der Waals surface area contributed by atoms with Crippen LogP contribution in [0.1, 0.15) is 55.3 Å². The quantitative estimate of drug-likeness (QED) is 0.737. The Kier molecular flexibility index (Phi) is 5.26. The highest BCUT2D eigenvalue weighted by Gasteiger charge is 2.23. The van der Waals surface area contributed by atoms with Crippen LogP contribution in [0.3, 0.4) is 0 Å². The van der Waals surface area contributed by atoms with E-state index in [1.807, 2.05) is 0 Å². The molecule has 2 nitrogen and oxygen atoms in total. The largest absolute Gasteiger partial charge is 0.496 e. The number of ether oxygens (including phenoxy) is 1. The van der Waals surface area contributed by atoms with E-state index in [0.717, 1.165) is 25.7 Å². The number of methoxy groups -OCH3 is 1. The number of rotatable bonds is 3. The van der Waals surface area contributed by atoms with Crippen molar-refractivity contribution in [3.63, 3.8) is 0 Å². The van der Waals surface area contributed by atoms with Crippen molar-refractivity contribution in [3.05, 3.63) is 28.8 Å². The molecule has 104 valence electrons. The van der Waals surface area contributed by atoms with Crippen molar-refractivity contribution in [2.24, 2.45) is 5.92 Å².